The van der Waals surface area contributed by atoms with Crippen LogP contribution in [0, 0.1) is 11.2 Å². The molecule has 120 valence electrons. The van der Waals surface area contributed by atoms with Crippen LogP contribution in [-0.2, 0) is 9.59 Å². The summed E-state index contributed by atoms with van der Waals surface area (Å²) >= 11 is 5.73. The van der Waals surface area contributed by atoms with E-state index in [1.54, 1.807) is 0 Å². The first-order valence-electron chi connectivity index (χ1n) is 7.03. The summed E-state index contributed by atoms with van der Waals surface area (Å²) in [6.45, 7) is 1.79. The summed E-state index contributed by atoms with van der Waals surface area (Å²) < 4.78 is 13.5. The largest absolute Gasteiger partial charge is 0.396 e. The van der Waals surface area contributed by atoms with Gasteiger partial charge in [-0.3, -0.25) is 9.59 Å². The maximum Gasteiger partial charge on any atom is 0.313 e. The summed E-state index contributed by atoms with van der Waals surface area (Å²) in [5.41, 5.74) is -0.582. The van der Waals surface area contributed by atoms with E-state index in [2.05, 4.69) is 10.6 Å². The molecule has 0 heterocycles. The molecule has 2 rings (SSSR count). The van der Waals surface area contributed by atoms with Gasteiger partial charge in [-0.25, -0.2) is 4.39 Å². The van der Waals surface area contributed by atoms with Crippen molar-refractivity contribution in [1.82, 2.24) is 5.32 Å². The number of amides is 2. The quantitative estimate of drug-likeness (QED) is 0.743. The highest BCUT2D eigenvalue weighted by atomic mass is 35.5. The second-order valence-corrected chi connectivity index (χ2v) is 6.25. The van der Waals surface area contributed by atoms with Crippen LogP contribution >= 0.6 is 11.6 Å². The molecule has 2 atom stereocenters. The molecule has 0 bridgehead atoms. The molecule has 7 heteroatoms. The van der Waals surface area contributed by atoms with Gasteiger partial charge in [0.25, 0.3) is 0 Å². The molecule has 2 unspecified atom stereocenters. The van der Waals surface area contributed by atoms with Crippen LogP contribution in [0.25, 0.3) is 0 Å². The van der Waals surface area contributed by atoms with Crippen LogP contribution in [0.5, 0.6) is 0 Å². The second-order valence-electron chi connectivity index (χ2n) is 5.81. The van der Waals surface area contributed by atoms with Gasteiger partial charge in [-0.15, -0.1) is 0 Å². The highest BCUT2D eigenvalue weighted by Crippen LogP contribution is 2.37. The third kappa shape index (κ3) is 3.56. The lowest BCUT2D eigenvalue weighted by Crippen LogP contribution is -2.48. The van der Waals surface area contributed by atoms with Crippen LogP contribution in [0.1, 0.15) is 26.2 Å². The van der Waals surface area contributed by atoms with Crippen LogP contribution in [0.3, 0.4) is 0 Å². The number of halogens is 2. The Bertz CT molecular complexity index is 596. The van der Waals surface area contributed by atoms with Crippen LogP contribution in [0.15, 0.2) is 18.2 Å². The number of aliphatic hydroxyl groups is 1. The summed E-state index contributed by atoms with van der Waals surface area (Å²) in [5.74, 6) is -2.49. The van der Waals surface area contributed by atoms with Gasteiger partial charge < -0.3 is 15.7 Å². The Morgan fingerprint density at radius 1 is 1.45 bits per heavy atom. The molecule has 1 aliphatic carbocycles. The molecule has 22 heavy (non-hydrogen) atoms. The van der Waals surface area contributed by atoms with Crippen molar-refractivity contribution in [2.24, 2.45) is 5.41 Å². The van der Waals surface area contributed by atoms with Crippen molar-refractivity contribution in [3.05, 3.63) is 29.0 Å². The van der Waals surface area contributed by atoms with Crippen molar-refractivity contribution >= 4 is 29.1 Å². The average molecular weight is 329 g/mol. The molecular weight excluding hydrogens is 311 g/mol. The fourth-order valence-corrected chi connectivity index (χ4v) is 2.84. The van der Waals surface area contributed by atoms with Crippen molar-refractivity contribution in [2.75, 3.05) is 11.9 Å². The van der Waals surface area contributed by atoms with Gasteiger partial charge >= 0.3 is 11.8 Å². The third-order valence-electron chi connectivity index (χ3n) is 4.13. The molecule has 1 fully saturated rings. The summed E-state index contributed by atoms with van der Waals surface area (Å²) in [6.07, 6.45) is 2.34. The van der Waals surface area contributed by atoms with E-state index in [1.165, 1.54) is 12.1 Å². The molecule has 5 nitrogen and oxygen atoms in total. The third-order valence-corrected chi connectivity index (χ3v) is 4.37. The number of aliphatic hydroxyl groups excluding tert-OH is 1. The summed E-state index contributed by atoms with van der Waals surface area (Å²) in [7, 11) is 0. The number of benzene rings is 1. The number of nitrogens with one attached hydrogen (secondary N) is 2. The van der Waals surface area contributed by atoms with Crippen molar-refractivity contribution < 1.29 is 19.1 Å². The Kier molecular flexibility index (Phi) is 5.03. The zero-order valence-corrected chi connectivity index (χ0v) is 12.9. The van der Waals surface area contributed by atoms with Crippen LogP contribution in [0.4, 0.5) is 10.1 Å². The zero-order valence-electron chi connectivity index (χ0n) is 12.2. The van der Waals surface area contributed by atoms with Crippen molar-refractivity contribution in [3.8, 4) is 0 Å². The molecule has 1 aromatic carbocycles. The molecule has 0 saturated heterocycles. The van der Waals surface area contributed by atoms with Gasteiger partial charge in [-0.05, 0) is 31.0 Å². The molecular formula is C15H18ClFN2O3. The molecule has 0 radical (unpaired) electrons. The fraction of sp³-hybridized carbons (Fsp3) is 0.467. The molecule has 2 amide bonds. The number of anilines is 1. The van der Waals surface area contributed by atoms with Gasteiger partial charge in [0.15, 0.2) is 0 Å². The second kappa shape index (κ2) is 6.62. The Morgan fingerprint density at radius 2 is 2.18 bits per heavy atom. The number of hydrogen-bond donors (Lipinski definition) is 3. The maximum absolute atomic E-state index is 13.5. The van der Waals surface area contributed by atoms with Crippen LogP contribution in [0.2, 0.25) is 5.02 Å². The standard InChI is InChI=1S/C15H18ClFN2O3/c1-15(8-20)6-2-3-12(15)19-14(22)13(21)18-11-7-9(16)4-5-10(11)17/h4-5,7,12,20H,2-3,6,8H2,1H3,(H,18,21)(H,19,22). The minimum absolute atomic E-state index is 0.0670. The van der Waals surface area contributed by atoms with Crippen molar-refractivity contribution in [2.45, 2.75) is 32.2 Å². The van der Waals surface area contributed by atoms with E-state index in [4.69, 9.17) is 11.6 Å². The average Bonchev–Trinajstić information content (AvgIpc) is 2.84. The number of carbonyl (C=O) groups is 2. The van der Waals surface area contributed by atoms with E-state index < -0.39 is 23.0 Å². The van der Waals surface area contributed by atoms with Gasteiger partial charge in [0.2, 0.25) is 0 Å². The van der Waals surface area contributed by atoms with Crippen molar-refractivity contribution in [3.63, 3.8) is 0 Å². The normalized spacial score (nSPS) is 24.1. The molecule has 1 aromatic rings. The van der Waals surface area contributed by atoms with E-state index in [9.17, 15) is 19.1 Å². The Labute approximate surface area is 132 Å². The molecule has 0 aliphatic heterocycles. The highest BCUT2D eigenvalue weighted by molar-refractivity contribution is 6.40. The van der Waals surface area contributed by atoms with Crippen LogP contribution in [-0.4, -0.2) is 29.6 Å². The highest BCUT2D eigenvalue weighted by Gasteiger charge is 2.39. The summed E-state index contributed by atoms with van der Waals surface area (Å²) in [4.78, 5) is 23.8. The van der Waals surface area contributed by atoms with E-state index in [0.717, 1.165) is 18.9 Å². The van der Waals surface area contributed by atoms with Gasteiger partial charge in [-0.1, -0.05) is 24.9 Å². The minimum atomic E-state index is -0.964. The predicted molar refractivity (Wildman–Crippen MR) is 81.0 cm³/mol. The first kappa shape index (κ1) is 16.7. The first-order valence-corrected chi connectivity index (χ1v) is 7.41. The lowest BCUT2D eigenvalue weighted by Gasteiger charge is -2.29. The number of rotatable bonds is 3. The predicted octanol–water partition coefficient (Wildman–Crippen LogP) is 2.08. The zero-order chi connectivity index (χ0) is 16.3. The molecule has 0 spiro atoms. The Balaban J connectivity index is 2.01. The van der Waals surface area contributed by atoms with Crippen molar-refractivity contribution in [1.29, 1.82) is 0 Å². The van der Waals surface area contributed by atoms with E-state index in [0.29, 0.717) is 6.42 Å². The topological polar surface area (TPSA) is 78.4 Å². The van der Waals surface area contributed by atoms with E-state index in [-0.39, 0.29) is 23.4 Å². The molecule has 3 N–H and O–H groups in total. The summed E-state index contributed by atoms with van der Waals surface area (Å²) in [6, 6.07) is 3.41. The SMILES string of the molecule is CC1(CO)CCCC1NC(=O)C(=O)Nc1cc(Cl)ccc1F. The fourth-order valence-electron chi connectivity index (χ4n) is 2.66. The number of carbonyl (C=O) groups excluding carboxylic acids is 2. The first-order chi connectivity index (χ1) is 10.4. The molecule has 1 saturated carbocycles. The van der Waals surface area contributed by atoms with Crippen LogP contribution < -0.4 is 10.6 Å². The monoisotopic (exact) mass is 328 g/mol. The lowest BCUT2D eigenvalue weighted by atomic mass is 9.86. The molecule has 1 aliphatic rings. The maximum atomic E-state index is 13.5. The van der Waals surface area contributed by atoms with E-state index >= 15 is 0 Å². The van der Waals surface area contributed by atoms with Gasteiger partial charge in [-0.2, -0.15) is 0 Å². The van der Waals surface area contributed by atoms with Gasteiger partial charge in [0, 0.05) is 16.5 Å². The Hall–Kier alpha value is -1.66. The lowest BCUT2D eigenvalue weighted by molar-refractivity contribution is -0.137. The van der Waals surface area contributed by atoms with E-state index in [1.807, 2.05) is 6.92 Å². The summed E-state index contributed by atoms with van der Waals surface area (Å²) in [5, 5.41) is 14.5. The minimum Gasteiger partial charge on any atom is -0.396 e. The molecule has 0 aromatic heterocycles. The van der Waals surface area contributed by atoms with Gasteiger partial charge in [0.05, 0.1) is 12.3 Å². The smallest absolute Gasteiger partial charge is 0.313 e. The number of hydrogen-bond acceptors (Lipinski definition) is 3. The Morgan fingerprint density at radius 3 is 2.86 bits per heavy atom. The van der Waals surface area contributed by atoms with Gasteiger partial charge in [0.1, 0.15) is 5.82 Å².